The van der Waals surface area contributed by atoms with Crippen LogP contribution in [-0.2, 0) is 0 Å². The van der Waals surface area contributed by atoms with E-state index in [1.165, 1.54) is 16.0 Å². The third-order valence-electron chi connectivity index (χ3n) is 3.79. The van der Waals surface area contributed by atoms with E-state index in [-0.39, 0.29) is 6.04 Å². The first kappa shape index (κ1) is 13.5. The molecule has 0 amide bonds. The van der Waals surface area contributed by atoms with E-state index in [0.717, 1.165) is 11.5 Å². The number of methoxy groups -OCH3 is 1. The van der Waals surface area contributed by atoms with Crippen LogP contribution in [0, 0.1) is 0 Å². The van der Waals surface area contributed by atoms with E-state index in [1.807, 2.05) is 23.9 Å². The van der Waals surface area contributed by atoms with Crippen molar-refractivity contribution < 1.29 is 4.74 Å². The highest BCUT2D eigenvalue weighted by molar-refractivity contribution is 7.99. The summed E-state index contributed by atoms with van der Waals surface area (Å²) in [5.41, 5.74) is 5.56. The number of fused-ring (bicyclic) bond motifs is 1. The highest BCUT2D eigenvalue weighted by atomic mass is 32.2. The number of hydrogen-bond acceptors (Lipinski definition) is 4. The van der Waals surface area contributed by atoms with E-state index < -0.39 is 0 Å². The van der Waals surface area contributed by atoms with Gasteiger partial charge in [0.2, 0.25) is 0 Å². The van der Waals surface area contributed by atoms with Gasteiger partial charge in [0.15, 0.2) is 0 Å². The van der Waals surface area contributed by atoms with Crippen LogP contribution in [0.25, 0.3) is 0 Å². The van der Waals surface area contributed by atoms with E-state index in [2.05, 4.69) is 41.8 Å². The van der Waals surface area contributed by atoms with Gasteiger partial charge in [-0.15, -0.1) is 11.8 Å². The molecule has 2 atom stereocenters. The van der Waals surface area contributed by atoms with Gasteiger partial charge in [-0.1, -0.05) is 30.3 Å². The smallest absolute Gasteiger partial charge is 0.118 e. The zero-order valence-corrected chi connectivity index (χ0v) is 12.2. The Morgan fingerprint density at radius 2 is 1.95 bits per heavy atom. The Hall–Kier alpha value is -1.49. The van der Waals surface area contributed by atoms with E-state index in [9.17, 15) is 0 Å². The molecule has 0 aromatic heterocycles. The van der Waals surface area contributed by atoms with Crippen molar-refractivity contribution in [1.29, 1.82) is 0 Å². The lowest BCUT2D eigenvalue weighted by atomic mass is 9.89. The third kappa shape index (κ3) is 2.42. The molecule has 1 heterocycles. The van der Waals surface area contributed by atoms with Crippen molar-refractivity contribution in [2.45, 2.75) is 16.9 Å². The Bertz CT molecular complexity index is 585. The zero-order valence-electron chi connectivity index (χ0n) is 11.4. The van der Waals surface area contributed by atoms with Crippen LogP contribution in [0.2, 0.25) is 0 Å². The van der Waals surface area contributed by atoms with Gasteiger partial charge in [-0.2, -0.15) is 0 Å². The summed E-state index contributed by atoms with van der Waals surface area (Å²) in [5.74, 6) is 8.14. The fourth-order valence-electron chi connectivity index (χ4n) is 2.72. The van der Waals surface area contributed by atoms with Crippen LogP contribution in [-0.4, -0.2) is 12.9 Å². The number of benzene rings is 2. The van der Waals surface area contributed by atoms with Gasteiger partial charge in [-0.05, 0) is 29.3 Å². The van der Waals surface area contributed by atoms with Gasteiger partial charge in [-0.3, -0.25) is 11.3 Å². The first-order valence-corrected chi connectivity index (χ1v) is 7.64. The minimum atomic E-state index is 0.122. The molecule has 0 radical (unpaired) electrons. The van der Waals surface area contributed by atoms with Gasteiger partial charge in [0.05, 0.1) is 13.2 Å². The van der Waals surface area contributed by atoms with Crippen LogP contribution in [0.4, 0.5) is 0 Å². The molecule has 2 unspecified atom stereocenters. The third-order valence-corrected chi connectivity index (χ3v) is 5.00. The Labute approximate surface area is 123 Å². The lowest BCUT2D eigenvalue weighted by molar-refractivity contribution is 0.413. The van der Waals surface area contributed by atoms with Crippen LogP contribution >= 0.6 is 11.8 Å². The first-order chi connectivity index (χ1) is 9.83. The number of hydrogen-bond donors (Lipinski definition) is 2. The maximum absolute atomic E-state index is 5.82. The van der Waals surface area contributed by atoms with Crippen molar-refractivity contribution >= 4 is 11.8 Å². The molecule has 3 rings (SSSR count). The topological polar surface area (TPSA) is 47.3 Å². The van der Waals surface area contributed by atoms with Crippen molar-refractivity contribution in [2.24, 2.45) is 5.84 Å². The molecule has 0 aliphatic carbocycles. The molecule has 3 nitrogen and oxygen atoms in total. The fraction of sp³-hybridized carbons (Fsp3) is 0.250. The number of thioether (sulfide) groups is 1. The second-order valence-electron chi connectivity index (χ2n) is 4.87. The van der Waals surface area contributed by atoms with Crippen molar-refractivity contribution in [3.05, 3.63) is 59.7 Å². The predicted molar refractivity (Wildman–Crippen MR) is 83.0 cm³/mol. The normalized spacial score (nSPS) is 18.6. The van der Waals surface area contributed by atoms with Crippen molar-refractivity contribution in [3.63, 3.8) is 0 Å². The first-order valence-electron chi connectivity index (χ1n) is 6.65. The van der Waals surface area contributed by atoms with E-state index >= 15 is 0 Å². The molecule has 20 heavy (non-hydrogen) atoms. The molecule has 0 spiro atoms. The quantitative estimate of drug-likeness (QED) is 0.670. The van der Waals surface area contributed by atoms with E-state index in [1.54, 1.807) is 7.11 Å². The summed E-state index contributed by atoms with van der Waals surface area (Å²) < 4.78 is 5.21. The minimum Gasteiger partial charge on any atom is -0.497 e. The second kappa shape index (κ2) is 5.87. The SMILES string of the molecule is COc1ccc(C(NN)C2CSc3ccccc32)cc1. The van der Waals surface area contributed by atoms with Gasteiger partial charge >= 0.3 is 0 Å². The predicted octanol–water partition coefficient (Wildman–Crippen LogP) is 3.09. The van der Waals surface area contributed by atoms with Crippen LogP contribution < -0.4 is 16.0 Å². The molecular weight excluding hydrogens is 268 g/mol. The summed E-state index contributed by atoms with van der Waals surface area (Å²) in [6, 6.07) is 16.8. The van der Waals surface area contributed by atoms with Crippen LogP contribution in [0.3, 0.4) is 0 Å². The number of ether oxygens (including phenoxy) is 1. The molecule has 1 aliphatic heterocycles. The maximum atomic E-state index is 5.82. The average molecular weight is 286 g/mol. The van der Waals surface area contributed by atoms with Crippen molar-refractivity contribution in [2.75, 3.05) is 12.9 Å². The van der Waals surface area contributed by atoms with Gasteiger partial charge < -0.3 is 4.74 Å². The number of nitrogens with one attached hydrogen (secondary N) is 1. The van der Waals surface area contributed by atoms with Crippen LogP contribution in [0.5, 0.6) is 5.75 Å². The summed E-state index contributed by atoms with van der Waals surface area (Å²) in [6.07, 6.45) is 0. The standard InChI is InChI=1S/C16H18N2OS/c1-19-12-8-6-11(7-9-12)16(18-17)14-10-20-15-5-3-2-4-13(14)15/h2-9,14,16,18H,10,17H2,1H3. The molecule has 1 aliphatic rings. The van der Waals surface area contributed by atoms with Gasteiger partial charge in [0.1, 0.15) is 5.75 Å². The van der Waals surface area contributed by atoms with Gasteiger partial charge in [-0.25, -0.2) is 0 Å². The summed E-state index contributed by atoms with van der Waals surface area (Å²) >= 11 is 1.90. The minimum absolute atomic E-state index is 0.122. The maximum Gasteiger partial charge on any atom is 0.118 e. The van der Waals surface area contributed by atoms with E-state index in [0.29, 0.717) is 5.92 Å². The summed E-state index contributed by atoms with van der Waals surface area (Å²) in [6.45, 7) is 0. The van der Waals surface area contributed by atoms with Gasteiger partial charge in [0, 0.05) is 16.6 Å². The summed E-state index contributed by atoms with van der Waals surface area (Å²) in [7, 11) is 1.68. The zero-order chi connectivity index (χ0) is 13.9. The van der Waals surface area contributed by atoms with E-state index in [4.69, 9.17) is 10.6 Å². The highest BCUT2D eigenvalue weighted by Gasteiger charge is 2.30. The average Bonchev–Trinajstić information content (AvgIpc) is 2.93. The highest BCUT2D eigenvalue weighted by Crippen LogP contribution is 2.45. The monoisotopic (exact) mass is 286 g/mol. The number of nitrogens with two attached hydrogens (primary N) is 1. The molecule has 0 bridgehead atoms. The lowest BCUT2D eigenvalue weighted by Crippen LogP contribution is -2.32. The molecule has 4 heteroatoms. The number of hydrazine groups is 1. The number of rotatable bonds is 4. The van der Waals surface area contributed by atoms with Gasteiger partial charge in [0.25, 0.3) is 0 Å². The second-order valence-corrected chi connectivity index (χ2v) is 5.93. The lowest BCUT2D eigenvalue weighted by Gasteiger charge is -2.23. The Balaban J connectivity index is 1.90. The Morgan fingerprint density at radius 3 is 2.65 bits per heavy atom. The molecule has 0 saturated carbocycles. The van der Waals surface area contributed by atoms with Crippen LogP contribution in [0.1, 0.15) is 23.1 Å². The molecule has 0 fully saturated rings. The summed E-state index contributed by atoms with van der Waals surface area (Å²) in [4.78, 5) is 1.37. The largest absolute Gasteiger partial charge is 0.497 e. The molecule has 0 saturated heterocycles. The van der Waals surface area contributed by atoms with Crippen molar-refractivity contribution in [3.8, 4) is 5.75 Å². The Kier molecular flexibility index (Phi) is 3.96. The molecule has 104 valence electrons. The molecular formula is C16H18N2OS. The fourth-order valence-corrected chi connectivity index (χ4v) is 4.01. The van der Waals surface area contributed by atoms with Crippen molar-refractivity contribution in [1.82, 2.24) is 5.43 Å². The molecule has 3 N–H and O–H groups in total. The van der Waals surface area contributed by atoms with Crippen LogP contribution in [0.15, 0.2) is 53.4 Å². The summed E-state index contributed by atoms with van der Waals surface area (Å²) in [5, 5.41) is 0. The molecule has 2 aromatic rings. The molecule has 2 aromatic carbocycles. The Morgan fingerprint density at radius 1 is 1.20 bits per heavy atom.